The smallest absolute Gasteiger partial charge is 0.284 e. The molecule has 0 aliphatic carbocycles. The van der Waals surface area contributed by atoms with Crippen LogP contribution in [0.2, 0.25) is 0 Å². The lowest BCUT2D eigenvalue weighted by Gasteiger charge is -2.27. The Morgan fingerprint density at radius 1 is 1.07 bits per heavy atom. The summed E-state index contributed by atoms with van der Waals surface area (Å²) in [6, 6.07) is 14.0. The molecule has 6 heteroatoms. The molecule has 28 heavy (non-hydrogen) atoms. The molecular formula is C22H25NO5. The maximum atomic E-state index is 12.4. The van der Waals surface area contributed by atoms with E-state index >= 15 is 0 Å². The van der Waals surface area contributed by atoms with Gasteiger partial charge >= 0.3 is 0 Å². The number of carbonyl (C=O) groups is 1. The van der Waals surface area contributed by atoms with Crippen molar-refractivity contribution in [3.8, 4) is 22.6 Å². The molecule has 148 valence electrons. The standard InChI is InChI=1S/C22H25NO5/c1-25-18-10-7-15(8-11-18)17-6-5-16-9-12-19(27-20(16)14-17)22(24)23-28-21-4-2-3-13-26-21/h5-8,10-11,14,19,21H,2-4,9,12-13H2,1H3,(H,23,24). The predicted molar refractivity (Wildman–Crippen MR) is 104 cm³/mol. The first-order chi connectivity index (χ1) is 13.7. The largest absolute Gasteiger partial charge is 0.497 e. The van der Waals surface area contributed by atoms with Crippen LogP contribution in [0.5, 0.6) is 11.5 Å². The third-order valence-corrected chi connectivity index (χ3v) is 5.16. The number of carbonyl (C=O) groups excluding carboxylic acids is 1. The highest BCUT2D eigenvalue weighted by Crippen LogP contribution is 2.33. The number of aryl methyl sites for hydroxylation is 1. The maximum absolute atomic E-state index is 12.4. The Hall–Kier alpha value is -2.57. The zero-order valence-electron chi connectivity index (χ0n) is 16.0. The number of nitrogens with one attached hydrogen (secondary N) is 1. The molecule has 0 bridgehead atoms. The minimum Gasteiger partial charge on any atom is -0.497 e. The van der Waals surface area contributed by atoms with Crippen LogP contribution in [-0.2, 0) is 20.8 Å². The zero-order valence-corrected chi connectivity index (χ0v) is 16.0. The Morgan fingerprint density at radius 2 is 1.89 bits per heavy atom. The summed E-state index contributed by atoms with van der Waals surface area (Å²) in [6.07, 6.45) is 3.35. The van der Waals surface area contributed by atoms with Crippen molar-refractivity contribution in [2.75, 3.05) is 13.7 Å². The van der Waals surface area contributed by atoms with Gasteiger partial charge in [0.05, 0.1) is 7.11 Å². The van der Waals surface area contributed by atoms with E-state index < -0.39 is 6.10 Å². The van der Waals surface area contributed by atoms with E-state index in [1.54, 1.807) is 7.11 Å². The molecule has 4 rings (SSSR count). The van der Waals surface area contributed by atoms with Crippen LogP contribution in [-0.4, -0.2) is 32.0 Å². The molecule has 0 radical (unpaired) electrons. The highest BCUT2D eigenvalue weighted by molar-refractivity contribution is 5.80. The first-order valence-corrected chi connectivity index (χ1v) is 9.74. The number of amides is 1. The Morgan fingerprint density at radius 3 is 2.64 bits per heavy atom. The second-order valence-corrected chi connectivity index (χ2v) is 7.08. The monoisotopic (exact) mass is 383 g/mol. The van der Waals surface area contributed by atoms with Gasteiger partial charge in [0.1, 0.15) is 11.5 Å². The molecule has 2 aromatic carbocycles. The van der Waals surface area contributed by atoms with E-state index in [4.69, 9.17) is 19.0 Å². The van der Waals surface area contributed by atoms with Gasteiger partial charge < -0.3 is 14.2 Å². The van der Waals surface area contributed by atoms with Gasteiger partial charge in [-0.3, -0.25) is 4.79 Å². The van der Waals surface area contributed by atoms with Crippen molar-refractivity contribution in [1.82, 2.24) is 5.48 Å². The van der Waals surface area contributed by atoms with E-state index in [-0.39, 0.29) is 12.2 Å². The fourth-order valence-corrected chi connectivity index (χ4v) is 3.51. The summed E-state index contributed by atoms with van der Waals surface area (Å²) < 4.78 is 16.7. The number of fused-ring (bicyclic) bond motifs is 1. The summed E-state index contributed by atoms with van der Waals surface area (Å²) in [5.74, 6) is 1.29. The Labute approximate surface area is 164 Å². The van der Waals surface area contributed by atoms with E-state index in [1.807, 2.05) is 30.3 Å². The van der Waals surface area contributed by atoms with Crippen molar-refractivity contribution in [3.05, 3.63) is 48.0 Å². The van der Waals surface area contributed by atoms with Crippen LogP contribution in [0, 0.1) is 0 Å². The number of benzene rings is 2. The molecule has 2 aliphatic heterocycles. The van der Waals surface area contributed by atoms with Crippen molar-refractivity contribution in [2.24, 2.45) is 0 Å². The van der Waals surface area contributed by atoms with E-state index in [2.05, 4.69) is 17.6 Å². The lowest BCUT2D eigenvalue weighted by Crippen LogP contribution is -2.42. The Bertz CT molecular complexity index is 814. The third-order valence-electron chi connectivity index (χ3n) is 5.16. The van der Waals surface area contributed by atoms with Crippen molar-refractivity contribution in [3.63, 3.8) is 0 Å². The zero-order chi connectivity index (χ0) is 19.3. The molecule has 2 heterocycles. The first kappa shape index (κ1) is 18.8. The highest BCUT2D eigenvalue weighted by atomic mass is 16.8. The summed E-state index contributed by atoms with van der Waals surface area (Å²) in [7, 11) is 1.65. The molecule has 2 aromatic rings. The summed E-state index contributed by atoms with van der Waals surface area (Å²) in [5, 5.41) is 0. The van der Waals surface area contributed by atoms with E-state index in [0.717, 1.165) is 53.9 Å². The van der Waals surface area contributed by atoms with Crippen LogP contribution in [0.25, 0.3) is 11.1 Å². The van der Waals surface area contributed by atoms with Crippen LogP contribution in [0.15, 0.2) is 42.5 Å². The van der Waals surface area contributed by atoms with Gasteiger partial charge in [-0.15, -0.1) is 0 Å². The first-order valence-electron chi connectivity index (χ1n) is 9.74. The molecule has 6 nitrogen and oxygen atoms in total. The minimum absolute atomic E-state index is 0.269. The molecular weight excluding hydrogens is 358 g/mol. The van der Waals surface area contributed by atoms with Crippen LogP contribution in [0.1, 0.15) is 31.2 Å². The van der Waals surface area contributed by atoms with E-state index in [0.29, 0.717) is 13.0 Å². The van der Waals surface area contributed by atoms with Crippen LogP contribution >= 0.6 is 0 Å². The van der Waals surface area contributed by atoms with Crippen LogP contribution in [0.3, 0.4) is 0 Å². The van der Waals surface area contributed by atoms with Crippen LogP contribution in [0.4, 0.5) is 0 Å². The summed E-state index contributed by atoms with van der Waals surface area (Å²) in [6.45, 7) is 0.669. The predicted octanol–water partition coefficient (Wildman–Crippen LogP) is 3.63. The molecule has 0 saturated carbocycles. The summed E-state index contributed by atoms with van der Waals surface area (Å²) in [4.78, 5) is 17.8. The molecule has 2 unspecified atom stereocenters. The fourth-order valence-electron chi connectivity index (χ4n) is 3.51. The lowest BCUT2D eigenvalue weighted by molar-refractivity contribution is -0.203. The molecule has 2 atom stereocenters. The van der Waals surface area contributed by atoms with Gasteiger partial charge in [0.2, 0.25) is 0 Å². The molecule has 1 N–H and O–H groups in total. The number of rotatable bonds is 5. The fraction of sp³-hybridized carbons (Fsp3) is 0.409. The molecule has 1 saturated heterocycles. The van der Waals surface area contributed by atoms with Crippen molar-refractivity contribution >= 4 is 5.91 Å². The summed E-state index contributed by atoms with van der Waals surface area (Å²) >= 11 is 0. The van der Waals surface area contributed by atoms with Gasteiger partial charge in [0.25, 0.3) is 5.91 Å². The SMILES string of the molecule is COc1ccc(-c2ccc3c(c2)OC(C(=O)NOC2CCCCO2)CC3)cc1. The minimum atomic E-state index is -0.567. The molecule has 0 spiro atoms. The summed E-state index contributed by atoms with van der Waals surface area (Å²) in [5.41, 5.74) is 5.72. The van der Waals surface area contributed by atoms with E-state index in [9.17, 15) is 4.79 Å². The maximum Gasteiger partial charge on any atom is 0.284 e. The molecule has 1 fully saturated rings. The normalized spacial score (nSPS) is 21.3. The van der Waals surface area contributed by atoms with Crippen molar-refractivity contribution in [2.45, 2.75) is 44.5 Å². The number of hydrogen-bond acceptors (Lipinski definition) is 5. The van der Waals surface area contributed by atoms with Gasteiger partial charge in [0.15, 0.2) is 12.4 Å². The number of methoxy groups -OCH3 is 1. The average molecular weight is 383 g/mol. The number of ether oxygens (including phenoxy) is 3. The third kappa shape index (κ3) is 4.29. The molecule has 2 aliphatic rings. The second-order valence-electron chi connectivity index (χ2n) is 7.08. The van der Waals surface area contributed by atoms with Crippen molar-refractivity contribution < 1.29 is 23.8 Å². The van der Waals surface area contributed by atoms with Crippen molar-refractivity contribution in [1.29, 1.82) is 0 Å². The Balaban J connectivity index is 1.41. The highest BCUT2D eigenvalue weighted by Gasteiger charge is 2.27. The molecule has 1 amide bonds. The van der Waals surface area contributed by atoms with Crippen LogP contribution < -0.4 is 15.0 Å². The van der Waals surface area contributed by atoms with Gasteiger partial charge in [-0.05, 0) is 60.6 Å². The number of hydroxylamine groups is 1. The Kier molecular flexibility index (Phi) is 5.78. The van der Waals surface area contributed by atoms with Gasteiger partial charge in [0, 0.05) is 13.0 Å². The second kappa shape index (κ2) is 8.63. The quantitative estimate of drug-likeness (QED) is 0.799. The van der Waals surface area contributed by atoms with Gasteiger partial charge in [-0.2, -0.15) is 0 Å². The molecule has 0 aromatic heterocycles. The lowest BCUT2D eigenvalue weighted by atomic mass is 9.97. The number of hydrogen-bond donors (Lipinski definition) is 1. The van der Waals surface area contributed by atoms with Gasteiger partial charge in [-0.25, -0.2) is 10.3 Å². The van der Waals surface area contributed by atoms with E-state index in [1.165, 1.54) is 0 Å². The average Bonchev–Trinajstić information content (AvgIpc) is 2.77. The van der Waals surface area contributed by atoms with Gasteiger partial charge in [-0.1, -0.05) is 24.3 Å². The topological polar surface area (TPSA) is 66.0 Å².